The van der Waals surface area contributed by atoms with Gasteiger partial charge in [0.1, 0.15) is 0 Å². The van der Waals surface area contributed by atoms with Gasteiger partial charge >= 0.3 is 0 Å². The molecule has 0 spiro atoms. The molecule has 0 radical (unpaired) electrons. The van der Waals surface area contributed by atoms with Gasteiger partial charge in [0.25, 0.3) is 11.8 Å². The minimum absolute atomic E-state index is 0.0472. The smallest absolute Gasteiger partial charge is 0.290 e. The third kappa shape index (κ3) is 4.14. The molecule has 1 N–H and O–H groups in total. The summed E-state index contributed by atoms with van der Waals surface area (Å²) in [6, 6.07) is 15.2. The van der Waals surface area contributed by atoms with E-state index in [-0.39, 0.29) is 29.4 Å². The second kappa shape index (κ2) is 8.45. The van der Waals surface area contributed by atoms with Gasteiger partial charge in [0, 0.05) is 32.9 Å². The first-order chi connectivity index (χ1) is 14.1. The van der Waals surface area contributed by atoms with Crippen LogP contribution in [0.25, 0.3) is 5.52 Å². The van der Waals surface area contributed by atoms with Crippen LogP contribution < -0.4 is 5.32 Å². The molecule has 1 saturated heterocycles. The van der Waals surface area contributed by atoms with Crippen LogP contribution >= 0.6 is 0 Å². The van der Waals surface area contributed by atoms with Crippen LogP contribution in [0.2, 0.25) is 0 Å². The maximum Gasteiger partial charge on any atom is 0.290 e. The van der Waals surface area contributed by atoms with Crippen molar-refractivity contribution in [2.45, 2.75) is 25.5 Å². The molecule has 1 aliphatic heterocycles. The maximum atomic E-state index is 13.1. The number of carbonyl (C=O) groups excluding carboxylic acids is 2. The summed E-state index contributed by atoms with van der Waals surface area (Å²) in [5.74, 6) is -0.316. The number of nitrogens with zero attached hydrogens (tertiary/aromatic N) is 3. The molecule has 0 bridgehead atoms. The number of rotatable bonds is 6. The third-order valence-electron chi connectivity index (χ3n) is 5.08. The highest BCUT2D eigenvalue weighted by Gasteiger charge is 2.24. The van der Waals surface area contributed by atoms with Crippen molar-refractivity contribution in [1.82, 2.24) is 19.6 Å². The van der Waals surface area contributed by atoms with Gasteiger partial charge in [0.2, 0.25) is 5.82 Å². The van der Waals surface area contributed by atoms with Gasteiger partial charge in [-0.1, -0.05) is 36.4 Å². The molecule has 3 heterocycles. The summed E-state index contributed by atoms with van der Waals surface area (Å²) < 4.78 is 7.23. The molecule has 1 aliphatic rings. The molecule has 7 nitrogen and oxygen atoms in total. The van der Waals surface area contributed by atoms with E-state index in [1.807, 2.05) is 42.5 Å². The lowest BCUT2D eigenvalue weighted by atomic mass is 10.2. The van der Waals surface area contributed by atoms with Gasteiger partial charge in [-0.3, -0.25) is 14.0 Å². The van der Waals surface area contributed by atoms with Crippen molar-refractivity contribution >= 4 is 17.3 Å². The van der Waals surface area contributed by atoms with Crippen molar-refractivity contribution in [3.05, 3.63) is 71.8 Å². The number of nitrogens with one attached hydrogen (secondary N) is 1. The number of benzene rings is 1. The summed E-state index contributed by atoms with van der Waals surface area (Å²) in [7, 11) is 1.73. The first-order valence-electron chi connectivity index (χ1n) is 9.80. The number of fused-ring (bicyclic) bond motifs is 1. The molecule has 4 rings (SSSR count). The largest absolute Gasteiger partial charge is 0.376 e. The van der Waals surface area contributed by atoms with Crippen LogP contribution in [0, 0.1) is 0 Å². The molecule has 0 saturated carbocycles. The van der Waals surface area contributed by atoms with Crippen LogP contribution in [-0.2, 0) is 11.3 Å². The van der Waals surface area contributed by atoms with E-state index < -0.39 is 0 Å². The summed E-state index contributed by atoms with van der Waals surface area (Å²) in [6.45, 7) is 1.64. The Hall–Kier alpha value is -3.19. The van der Waals surface area contributed by atoms with Crippen molar-refractivity contribution in [2.24, 2.45) is 0 Å². The quantitative estimate of drug-likeness (QED) is 0.699. The molecule has 0 aliphatic carbocycles. The minimum atomic E-state index is -0.297. The Morgan fingerprint density at radius 2 is 2.00 bits per heavy atom. The van der Waals surface area contributed by atoms with Gasteiger partial charge < -0.3 is 15.0 Å². The Balaban J connectivity index is 1.56. The molecule has 1 unspecified atom stereocenters. The van der Waals surface area contributed by atoms with Gasteiger partial charge in [-0.25, -0.2) is 4.98 Å². The maximum absolute atomic E-state index is 13.1. The molecule has 3 aromatic rings. The lowest BCUT2D eigenvalue weighted by Crippen LogP contribution is -2.32. The lowest BCUT2D eigenvalue weighted by Gasteiger charge is -2.16. The van der Waals surface area contributed by atoms with Crippen molar-refractivity contribution in [3.8, 4) is 0 Å². The third-order valence-corrected chi connectivity index (χ3v) is 5.08. The summed E-state index contributed by atoms with van der Waals surface area (Å²) in [6.07, 6.45) is 3.76. The summed E-state index contributed by atoms with van der Waals surface area (Å²) in [4.78, 5) is 31.8. The van der Waals surface area contributed by atoms with Gasteiger partial charge in [-0.15, -0.1) is 0 Å². The van der Waals surface area contributed by atoms with Crippen LogP contribution in [0.5, 0.6) is 0 Å². The molecular formula is C22H24N4O3. The van der Waals surface area contributed by atoms with Gasteiger partial charge in [0.05, 0.1) is 11.6 Å². The molecular weight excluding hydrogens is 368 g/mol. The number of carbonyl (C=O) groups is 2. The van der Waals surface area contributed by atoms with Gasteiger partial charge in [0.15, 0.2) is 5.69 Å². The predicted octanol–water partition coefficient (Wildman–Crippen LogP) is 2.52. The summed E-state index contributed by atoms with van der Waals surface area (Å²) in [5, 5.41) is 2.89. The van der Waals surface area contributed by atoms with Crippen LogP contribution in [0.4, 0.5) is 0 Å². The van der Waals surface area contributed by atoms with E-state index in [0.717, 1.165) is 25.0 Å². The Morgan fingerprint density at radius 3 is 2.76 bits per heavy atom. The fraction of sp³-hybridized carbons (Fsp3) is 0.318. The molecule has 1 fully saturated rings. The molecule has 29 heavy (non-hydrogen) atoms. The number of aromatic nitrogens is 2. The van der Waals surface area contributed by atoms with Crippen molar-refractivity contribution in [2.75, 3.05) is 20.2 Å². The number of hydrogen-bond donors (Lipinski definition) is 1. The monoisotopic (exact) mass is 392 g/mol. The normalized spacial score (nSPS) is 16.1. The van der Waals surface area contributed by atoms with Crippen LogP contribution in [-0.4, -0.2) is 52.4 Å². The topological polar surface area (TPSA) is 75.9 Å². The zero-order valence-electron chi connectivity index (χ0n) is 16.4. The van der Waals surface area contributed by atoms with Gasteiger partial charge in [-0.05, 0) is 30.5 Å². The molecule has 150 valence electrons. The average molecular weight is 392 g/mol. The van der Waals surface area contributed by atoms with Crippen molar-refractivity contribution < 1.29 is 14.3 Å². The Bertz CT molecular complexity index is 1010. The zero-order valence-corrected chi connectivity index (χ0v) is 16.4. The summed E-state index contributed by atoms with van der Waals surface area (Å²) in [5.41, 5.74) is 1.88. The molecule has 2 amide bonds. The first kappa shape index (κ1) is 19.1. The highest BCUT2D eigenvalue weighted by atomic mass is 16.5. The SMILES string of the molecule is CN(Cc1ccccc1)C(=O)c1nc(C(=O)NCC2CCCO2)c2ccccn12. The lowest BCUT2D eigenvalue weighted by molar-refractivity contribution is 0.0772. The Morgan fingerprint density at radius 1 is 1.21 bits per heavy atom. The first-order valence-corrected chi connectivity index (χ1v) is 9.80. The highest BCUT2D eigenvalue weighted by Crippen LogP contribution is 2.16. The number of imidazole rings is 1. The average Bonchev–Trinajstić information content (AvgIpc) is 3.40. The van der Waals surface area contributed by atoms with Crippen LogP contribution in [0.1, 0.15) is 39.5 Å². The fourth-order valence-electron chi connectivity index (χ4n) is 3.55. The Kier molecular flexibility index (Phi) is 5.57. The zero-order chi connectivity index (χ0) is 20.2. The van der Waals surface area contributed by atoms with E-state index in [2.05, 4.69) is 10.3 Å². The van der Waals surface area contributed by atoms with E-state index in [0.29, 0.717) is 18.6 Å². The Labute approximate surface area is 169 Å². The van der Waals surface area contributed by atoms with Crippen molar-refractivity contribution in [3.63, 3.8) is 0 Å². The van der Waals surface area contributed by atoms with Crippen LogP contribution in [0.3, 0.4) is 0 Å². The summed E-state index contributed by atoms with van der Waals surface area (Å²) >= 11 is 0. The number of pyridine rings is 1. The van der Waals surface area contributed by atoms with E-state index >= 15 is 0 Å². The van der Waals surface area contributed by atoms with Crippen LogP contribution in [0.15, 0.2) is 54.7 Å². The minimum Gasteiger partial charge on any atom is -0.376 e. The number of amides is 2. The van der Waals surface area contributed by atoms with E-state index in [1.54, 1.807) is 28.6 Å². The van der Waals surface area contributed by atoms with Gasteiger partial charge in [-0.2, -0.15) is 0 Å². The number of ether oxygens (including phenoxy) is 1. The molecule has 7 heteroatoms. The van der Waals surface area contributed by atoms with E-state index in [9.17, 15) is 9.59 Å². The second-order valence-electron chi connectivity index (χ2n) is 7.23. The molecule has 2 aromatic heterocycles. The molecule has 1 aromatic carbocycles. The number of hydrogen-bond acceptors (Lipinski definition) is 4. The molecule has 1 atom stereocenters. The van der Waals surface area contributed by atoms with E-state index in [1.165, 1.54) is 0 Å². The highest BCUT2D eigenvalue weighted by molar-refractivity contribution is 6.02. The standard InChI is InChI=1S/C22H24N4O3/c1-25(15-16-8-3-2-4-9-16)22(28)20-24-19(18-11-5-6-12-26(18)20)21(27)23-14-17-10-7-13-29-17/h2-6,8-9,11-12,17H,7,10,13-15H2,1H3,(H,23,27). The second-order valence-corrected chi connectivity index (χ2v) is 7.23. The van der Waals surface area contributed by atoms with E-state index in [4.69, 9.17) is 4.74 Å². The fourth-order valence-corrected chi connectivity index (χ4v) is 3.55. The van der Waals surface area contributed by atoms with Crippen molar-refractivity contribution in [1.29, 1.82) is 0 Å². The predicted molar refractivity (Wildman–Crippen MR) is 109 cm³/mol.